The van der Waals surface area contributed by atoms with Crippen LogP contribution in [0.2, 0.25) is 0 Å². The van der Waals surface area contributed by atoms with Crippen LogP contribution in [-0.4, -0.2) is 46.9 Å². The molecule has 0 radical (unpaired) electrons. The Morgan fingerprint density at radius 2 is 2.00 bits per heavy atom. The molecule has 0 aromatic carbocycles. The van der Waals surface area contributed by atoms with Gasteiger partial charge in [0.1, 0.15) is 0 Å². The molecule has 2 atom stereocenters. The van der Waals surface area contributed by atoms with Gasteiger partial charge in [-0.05, 0) is 59.4 Å². The van der Waals surface area contributed by atoms with Crippen LogP contribution >= 0.6 is 0 Å². The maximum atomic E-state index is 9.33. The second-order valence-electron chi connectivity index (χ2n) is 6.87. The molecule has 2 rings (SSSR count). The normalized spacial score (nSPS) is 37.2. The predicted octanol–water partition coefficient (Wildman–Crippen LogP) is 2.04. The summed E-state index contributed by atoms with van der Waals surface area (Å²) < 4.78 is 6.17. The first kappa shape index (κ1) is 13.3. The Hall–Kier alpha value is -0.120. The molecule has 1 N–H and O–H groups in total. The van der Waals surface area contributed by atoms with Crippen molar-refractivity contribution in [1.82, 2.24) is 4.90 Å². The fourth-order valence-corrected chi connectivity index (χ4v) is 3.63. The van der Waals surface area contributed by atoms with E-state index in [9.17, 15) is 5.11 Å². The second kappa shape index (κ2) is 4.52. The van der Waals surface area contributed by atoms with Crippen molar-refractivity contribution in [3.05, 3.63) is 0 Å². The van der Waals surface area contributed by atoms with Crippen molar-refractivity contribution >= 4 is 0 Å². The van der Waals surface area contributed by atoms with E-state index in [0.29, 0.717) is 18.6 Å². The van der Waals surface area contributed by atoms with E-state index < -0.39 is 0 Å². The van der Waals surface area contributed by atoms with Crippen LogP contribution in [0.4, 0.5) is 0 Å². The van der Waals surface area contributed by atoms with E-state index >= 15 is 0 Å². The molecular weight excluding hydrogens is 214 g/mol. The Balaban J connectivity index is 2.06. The SMILES string of the molecule is CC1(C)CC(N2CCCC(CO)C2)C(C)(C)O1. The number of hydrogen-bond acceptors (Lipinski definition) is 3. The highest BCUT2D eigenvalue weighted by molar-refractivity contribution is 5.00. The molecule has 0 amide bonds. The molecule has 0 bridgehead atoms. The van der Waals surface area contributed by atoms with Gasteiger partial charge in [0.05, 0.1) is 11.2 Å². The van der Waals surface area contributed by atoms with Crippen molar-refractivity contribution in [1.29, 1.82) is 0 Å². The molecule has 3 heteroatoms. The summed E-state index contributed by atoms with van der Waals surface area (Å²) in [7, 11) is 0. The average molecular weight is 241 g/mol. The molecule has 2 aliphatic heterocycles. The average Bonchev–Trinajstić information content (AvgIpc) is 2.47. The van der Waals surface area contributed by atoms with Gasteiger partial charge in [-0.2, -0.15) is 0 Å². The predicted molar refractivity (Wildman–Crippen MR) is 69.0 cm³/mol. The molecule has 3 nitrogen and oxygen atoms in total. The summed E-state index contributed by atoms with van der Waals surface area (Å²) in [6.45, 7) is 11.3. The van der Waals surface area contributed by atoms with Gasteiger partial charge in [0.15, 0.2) is 0 Å². The molecule has 2 fully saturated rings. The quantitative estimate of drug-likeness (QED) is 0.803. The van der Waals surface area contributed by atoms with Crippen molar-refractivity contribution in [2.75, 3.05) is 19.7 Å². The van der Waals surface area contributed by atoms with E-state index in [1.54, 1.807) is 0 Å². The molecule has 0 aromatic rings. The lowest BCUT2D eigenvalue weighted by Gasteiger charge is -2.40. The Kier molecular flexibility index (Phi) is 3.54. The largest absolute Gasteiger partial charge is 0.396 e. The maximum Gasteiger partial charge on any atom is 0.0789 e. The molecule has 100 valence electrons. The zero-order valence-corrected chi connectivity index (χ0v) is 11.7. The van der Waals surface area contributed by atoms with Crippen molar-refractivity contribution in [3.63, 3.8) is 0 Å². The number of piperidine rings is 1. The van der Waals surface area contributed by atoms with Gasteiger partial charge in [0, 0.05) is 19.2 Å². The second-order valence-corrected chi connectivity index (χ2v) is 6.87. The molecule has 2 unspecified atom stereocenters. The number of nitrogens with zero attached hydrogens (tertiary/aromatic N) is 1. The van der Waals surface area contributed by atoms with Gasteiger partial charge in [-0.25, -0.2) is 0 Å². The zero-order chi connectivity index (χ0) is 12.7. The molecule has 0 spiro atoms. The Morgan fingerprint density at radius 3 is 2.53 bits per heavy atom. The number of rotatable bonds is 2. The van der Waals surface area contributed by atoms with Crippen LogP contribution in [0.5, 0.6) is 0 Å². The fourth-order valence-electron chi connectivity index (χ4n) is 3.63. The summed E-state index contributed by atoms with van der Waals surface area (Å²) in [6, 6.07) is 0.492. The summed E-state index contributed by atoms with van der Waals surface area (Å²) >= 11 is 0. The van der Waals surface area contributed by atoms with E-state index in [2.05, 4.69) is 32.6 Å². The Morgan fingerprint density at radius 1 is 1.29 bits per heavy atom. The van der Waals surface area contributed by atoms with E-state index in [1.807, 2.05) is 0 Å². The minimum atomic E-state index is -0.0686. The van der Waals surface area contributed by atoms with Gasteiger partial charge in [0.25, 0.3) is 0 Å². The maximum absolute atomic E-state index is 9.33. The van der Waals surface area contributed by atoms with E-state index in [4.69, 9.17) is 4.74 Å². The Bertz CT molecular complexity index is 275. The molecular formula is C14H27NO2. The summed E-state index contributed by atoms with van der Waals surface area (Å²) in [4.78, 5) is 2.54. The smallest absolute Gasteiger partial charge is 0.0789 e. The van der Waals surface area contributed by atoms with Crippen molar-refractivity contribution < 1.29 is 9.84 Å². The van der Waals surface area contributed by atoms with Crippen LogP contribution in [0.15, 0.2) is 0 Å². The van der Waals surface area contributed by atoms with Gasteiger partial charge >= 0.3 is 0 Å². The molecule has 0 aromatic heterocycles. The van der Waals surface area contributed by atoms with E-state index in [0.717, 1.165) is 19.5 Å². The number of aliphatic hydroxyl groups excluding tert-OH is 1. The standard InChI is InChI=1S/C14H27NO2/c1-13(2)8-12(14(3,4)17-13)15-7-5-6-11(9-15)10-16/h11-12,16H,5-10H2,1-4H3. The molecule has 0 saturated carbocycles. The van der Waals surface area contributed by atoms with Crippen LogP contribution in [0.1, 0.15) is 47.0 Å². The first-order chi connectivity index (χ1) is 7.84. The molecule has 2 heterocycles. The molecule has 2 saturated heterocycles. The van der Waals surface area contributed by atoms with Crippen LogP contribution < -0.4 is 0 Å². The number of likely N-dealkylation sites (tertiary alicyclic amines) is 1. The summed E-state index contributed by atoms with van der Waals surface area (Å²) in [5.74, 6) is 0.461. The topological polar surface area (TPSA) is 32.7 Å². The van der Waals surface area contributed by atoms with Crippen LogP contribution in [0, 0.1) is 5.92 Å². The lowest BCUT2D eigenvalue weighted by Crippen LogP contribution is -2.50. The number of ether oxygens (including phenoxy) is 1. The van der Waals surface area contributed by atoms with Gasteiger partial charge in [-0.3, -0.25) is 4.90 Å². The van der Waals surface area contributed by atoms with Gasteiger partial charge < -0.3 is 9.84 Å². The van der Waals surface area contributed by atoms with Gasteiger partial charge in [0.2, 0.25) is 0 Å². The third-order valence-electron chi connectivity index (χ3n) is 4.28. The number of hydrogen-bond donors (Lipinski definition) is 1. The third-order valence-corrected chi connectivity index (χ3v) is 4.28. The van der Waals surface area contributed by atoms with Crippen molar-refractivity contribution in [2.24, 2.45) is 5.92 Å². The first-order valence-corrected chi connectivity index (χ1v) is 6.89. The fraction of sp³-hybridized carbons (Fsp3) is 1.00. The lowest BCUT2D eigenvalue weighted by molar-refractivity contribution is -0.0841. The Labute approximate surface area is 105 Å². The highest BCUT2D eigenvalue weighted by atomic mass is 16.5. The van der Waals surface area contributed by atoms with Gasteiger partial charge in [-0.1, -0.05) is 0 Å². The number of aliphatic hydroxyl groups is 1. The summed E-state index contributed by atoms with van der Waals surface area (Å²) in [5.41, 5.74) is -0.0822. The molecule has 2 aliphatic rings. The molecule has 0 aliphatic carbocycles. The minimum Gasteiger partial charge on any atom is -0.396 e. The monoisotopic (exact) mass is 241 g/mol. The van der Waals surface area contributed by atoms with Crippen LogP contribution in [-0.2, 0) is 4.74 Å². The van der Waals surface area contributed by atoms with Crippen molar-refractivity contribution in [3.8, 4) is 0 Å². The summed E-state index contributed by atoms with van der Waals surface area (Å²) in [5, 5.41) is 9.33. The van der Waals surface area contributed by atoms with Crippen molar-refractivity contribution in [2.45, 2.75) is 64.2 Å². The van der Waals surface area contributed by atoms with E-state index in [-0.39, 0.29) is 11.2 Å². The third kappa shape index (κ3) is 2.83. The minimum absolute atomic E-state index is 0.0136. The van der Waals surface area contributed by atoms with Crippen LogP contribution in [0.3, 0.4) is 0 Å². The lowest BCUT2D eigenvalue weighted by atomic mass is 9.89. The van der Waals surface area contributed by atoms with E-state index in [1.165, 1.54) is 12.8 Å². The highest BCUT2D eigenvalue weighted by Gasteiger charge is 2.48. The van der Waals surface area contributed by atoms with Crippen LogP contribution in [0.25, 0.3) is 0 Å². The first-order valence-electron chi connectivity index (χ1n) is 6.89. The van der Waals surface area contributed by atoms with Gasteiger partial charge in [-0.15, -0.1) is 0 Å². The highest BCUT2D eigenvalue weighted by Crippen LogP contribution is 2.41. The summed E-state index contributed by atoms with van der Waals surface area (Å²) in [6.07, 6.45) is 3.47. The molecule has 17 heavy (non-hydrogen) atoms. The zero-order valence-electron chi connectivity index (χ0n) is 11.7.